The fourth-order valence-electron chi connectivity index (χ4n) is 6.42. The fraction of sp³-hybridized carbons (Fsp3) is 0.485. The topological polar surface area (TPSA) is 145 Å². The molecule has 0 aliphatic carbocycles. The summed E-state index contributed by atoms with van der Waals surface area (Å²) in [5.41, 5.74) is 4.46. The maximum absolute atomic E-state index is 12.6. The standard InChI is InChI=1S/C33H45N11O3S/c1-7-23-20-27(32(47-5)40-31(23)44-14-10-24(11-15-44)43-18-16-41(3)17-19-43)38-33-36-21-22(2)30(39-33)37-26-9-8-25-28(35-13-12-34-25)29(26)42(4)48(6,45)46/h8-9,12-13,20-21,24H,7,10-11,14-19H2,1-6H3,(H2,36,37,38,39). The molecular formula is C33H45N11O3S. The predicted molar refractivity (Wildman–Crippen MR) is 191 cm³/mol. The van der Waals surface area contributed by atoms with Crippen molar-refractivity contribution in [2.24, 2.45) is 0 Å². The van der Waals surface area contributed by atoms with Crippen LogP contribution in [0.5, 0.6) is 5.88 Å². The third-order valence-corrected chi connectivity index (χ3v) is 10.5. The number of ether oxygens (including phenoxy) is 1. The van der Waals surface area contributed by atoms with Gasteiger partial charge in [0.2, 0.25) is 21.9 Å². The van der Waals surface area contributed by atoms with E-state index >= 15 is 0 Å². The molecule has 4 aromatic rings. The molecule has 0 spiro atoms. The lowest BCUT2D eigenvalue weighted by molar-refractivity contribution is 0.0981. The van der Waals surface area contributed by atoms with Gasteiger partial charge in [-0.2, -0.15) is 9.97 Å². The summed E-state index contributed by atoms with van der Waals surface area (Å²) in [6, 6.07) is 6.26. The van der Waals surface area contributed by atoms with Crippen molar-refractivity contribution in [1.29, 1.82) is 0 Å². The molecule has 14 nitrogen and oxygen atoms in total. The molecule has 0 atom stereocenters. The van der Waals surface area contributed by atoms with Crippen molar-refractivity contribution in [3.05, 3.63) is 47.9 Å². The third-order valence-electron chi connectivity index (χ3n) is 9.33. The van der Waals surface area contributed by atoms with Crippen LogP contribution < -0.4 is 24.6 Å². The van der Waals surface area contributed by atoms with Crippen molar-refractivity contribution < 1.29 is 13.2 Å². The molecule has 48 heavy (non-hydrogen) atoms. The van der Waals surface area contributed by atoms with E-state index in [9.17, 15) is 8.42 Å². The zero-order chi connectivity index (χ0) is 34.0. The molecule has 2 N–H and O–H groups in total. The first-order valence-electron chi connectivity index (χ1n) is 16.4. The number of nitrogens with one attached hydrogen (secondary N) is 2. The number of benzene rings is 1. The normalized spacial score (nSPS) is 16.7. The monoisotopic (exact) mass is 675 g/mol. The number of aryl methyl sites for hydroxylation is 2. The van der Waals surface area contributed by atoms with Crippen molar-refractivity contribution in [3.8, 4) is 5.88 Å². The molecule has 0 radical (unpaired) electrons. The van der Waals surface area contributed by atoms with Crippen LogP contribution in [0.3, 0.4) is 0 Å². The van der Waals surface area contributed by atoms with E-state index in [1.165, 1.54) is 17.5 Å². The van der Waals surface area contributed by atoms with Gasteiger partial charge in [-0.15, -0.1) is 0 Å². The van der Waals surface area contributed by atoms with Crippen LogP contribution in [-0.2, 0) is 16.4 Å². The van der Waals surface area contributed by atoms with E-state index < -0.39 is 10.0 Å². The summed E-state index contributed by atoms with van der Waals surface area (Å²) in [5.74, 6) is 2.27. The molecule has 5 heterocycles. The van der Waals surface area contributed by atoms with Crippen LogP contribution in [0, 0.1) is 6.92 Å². The van der Waals surface area contributed by atoms with E-state index in [1.54, 1.807) is 31.6 Å². The van der Waals surface area contributed by atoms with E-state index in [1.807, 2.05) is 6.92 Å². The fourth-order valence-corrected chi connectivity index (χ4v) is 6.94. The molecule has 2 aliphatic rings. The number of aromatic nitrogens is 5. The Morgan fingerprint density at radius 3 is 2.40 bits per heavy atom. The zero-order valence-corrected chi connectivity index (χ0v) is 29.4. The highest BCUT2D eigenvalue weighted by atomic mass is 32.2. The average Bonchev–Trinajstić information content (AvgIpc) is 3.09. The van der Waals surface area contributed by atoms with Gasteiger partial charge in [0.15, 0.2) is 0 Å². The Morgan fingerprint density at radius 1 is 0.979 bits per heavy atom. The maximum Gasteiger partial charge on any atom is 0.239 e. The zero-order valence-electron chi connectivity index (χ0n) is 28.6. The molecule has 2 aliphatic heterocycles. The Morgan fingerprint density at radius 2 is 1.71 bits per heavy atom. The van der Waals surface area contributed by atoms with Gasteiger partial charge in [0, 0.05) is 76.5 Å². The Bertz CT molecular complexity index is 1870. The van der Waals surface area contributed by atoms with Crippen molar-refractivity contribution in [1.82, 2.24) is 34.7 Å². The first kappa shape index (κ1) is 33.6. The van der Waals surface area contributed by atoms with E-state index in [4.69, 9.17) is 14.7 Å². The summed E-state index contributed by atoms with van der Waals surface area (Å²) in [4.78, 5) is 30.5. The van der Waals surface area contributed by atoms with Crippen LogP contribution >= 0.6 is 0 Å². The number of pyridine rings is 1. The predicted octanol–water partition coefficient (Wildman–Crippen LogP) is 3.79. The molecule has 256 valence electrons. The number of nitrogens with zero attached hydrogens (tertiary/aromatic N) is 9. The van der Waals surface area contributed by atoms with E-state index in [2.05, 4.69) is 60.3 Å². The van der Waals surface area contributed by atoms with Gasteiger partial charge in [0.05, 0.1) is 24.6 Å². The maximum atomic E-state index is 12.6. The molecule has 2 fully saturated rings. The van der Waals surface area contributed by atoms with Gasteiger partial charge >= 0.3 is 0 Å². The van der Waals surface area contributed by atoms with Crippen LogP contribution in [0.25, 0.3) is 11.0 Å². The lowest BCUT2D eigenvalue weighted by Crippen LogP contribution is -2.52. The minimum absolute atomic E-state index is 0.338. The van der Waals surface area contributed by atoms with Gasteiger partial charge in [-0.05, 0) is 57.0 Å². The number of fused-ring (bicyclic) bond motifs is 1. The van der Waals surface area contributed by atoms with Crippen molar-refractivity contribution >= 4 is 55.7 Å². The van der Waals surface area contributed by atoms with Crippen LogP contribution in [0.15, 0.2) is 36.8 Å². The van der Waals surface area contributed by atoms with Crippen LogP contribution in [0.2, 0.25) is 0 Å². The summed E-state index contributed by atoms with van der Waals surface area (Å²) in [7, 11) is 1.71. The summed E-state index contributed by atoms with van der Waals surface area (Å²) in [6.07, 6.45) is 9.02. The molecule has 3 aromatic heterocycles. The number of hydrogen-bond donors (Lipinski definition) is 2. The summed E-state index contributed by atoms with van der Waals surface area (Å²) >= 11 is 0. The summed E-state index contributed by atoms with van der Waals surface area (Å²) in [6.45, 7) is 10.5. The highest BCUT2D eigenvalue weighted by molar-refractivity contribution is 7.92. The lowest BCUT2D eigenvalue weighted by atomic mass is 10.0. The lowest BCUT2D eigenvalue weighted by Gasteiger charge is -2.42. The molecule has 0 amide bonds. The Kier molecular flexibility index (Phi) is 9.80. The molecule has 0 bridgehead atoms. The summed E-state index contributed by atoms with van der Waals surface area (Å²) < 4.78 is 32.2. The molecular weight excluding hydrogens is 631 g/mol. The number of piperidine rings is 1. The van der Waals surface area contributed by atoms with Crippen molar-refractivity contribution in [3.63, 3.8) is 0 Å². The number of piperazine rings is 1. The number of sulfonamides is 1. The van der Waals surface area contributed by atoms with Crippen molar-refractivity contribution in [2.75, 3.05) is 86.6 Å². The third kappa shape index (κ3) is 7.08. The van der Waals surface area contributed by atoms with Gasteiger partial charge in [-0.3, -0.25) is 19.2 Å². The van der Waals surface area contributed by atoms with Gasteiger partial charge in [0.1, 0.15) is 28.5 Å². The highest BCUT2D eigenvalue weighted by Crippen LogP contribution is 2.37. The number of anilines is 6. The second kappa shape index (κ2) is 14.0. The Labute approximate surface area is 282 Å². The van der Waals surface area contributed by atoms with Crippen LogP contribution in [-0.4, -0.2) is 116 Å². The quantitative estimate of drug-likeness (QED) is 0.252. The van der Waals surface area contributed by atoms with Gasteiger partial charge in [-0.25, -0.2) is 13.4 Å². The minimum atomic E-state index is -3.60. The first-order valence-corrected chi connectivity index (χ1v) is 18.2. The average molecular weight is 676 g/mol. The van der Waals surface area contributed by atoms with Crippen LogP contribution in [0.4, 0.5) is 34.6 Å². The van der Waals surface area contributed by atoms with Crippen LogP contribution in [0.1, 0.15) is 30.9 Å². The second-order valence-electron chi connectivity index (χ2n) is 12.5. The van der Waals surface area contributed by atoms with Gasteiger partial charge < -0.3 is 25.2 Å². The Balaban J connectivity index is 1.24. The molecule has 1 aromatic carbocycles. The van der Waals surface area contributed by atoms with E-state index in [0.717, 1.165) is 81.7 Å². The Hall–Kier alpha value is -4.34. The number of likely N-dealkylation sites (N-methyl/N-ethyl adjacent to an activating group) is 1. The van der Waals surface area contributed by atoms with Crippen molar-refractivity contribution in [2.45, 2.75) is 39.2 Å². The first-order chi connectivity index (χ1) is 23.0. The molecule has 0 unspecified atom stereocenters. The SMILES string of the molecule is CCc1cc(Nc2ncc(C)c(Nc3ccc4nccnc4c3N(C)S(C)(=O)=O)n2)c(OC)nc1N1CCC(N2CCN(C)CC2)CC1. The number of methoxy groups -OCH3 is 1. The van der Waals surface area contributed by atoms with Gasteiger partial charge in [0.25, 0.3) is 0 Å². The molecule has 0 saturated carbocycles. The number of rotatable bonds is 10. The van der Waals surface area contributed by atoms with Gasteiger partial charge in [-0.1, -0.05) is 6.92 Å². The smallest absolute Gasteiger partial charge is 0.239 e. The summed E-state index contributed by atoms with van der Waals surface area (Å²) in [5, 5.41) is 6.64. The second-order valence-corrected chi connectivity index (χ2v) is 14.5. The largest absolute Gasteiger partial charge is 0.479 e. The molecule has 6 rings (SSSR count). The van der Waals surface area contributed by atoms with E-state index in [0.29, 0.717) is 51.8 Å². The highest BCUT2D eigenvalue weighted by Gasteiger charge is 2.29. The molecule has 15 heteroatoms. The van der Waals surface area contributed by atoms with E-state index in [-0.39, 0.29) is 0 Å². The minimum Gasteiger partial charge on any atom is -0.479 e. The molecule has 2 saturated heterocycles. The number of hydrogen-bond acceptors (Lipinski definition) is 13.